The molecule has 1 unspecified atom stereocenters. The smallest absolute Gasteiger partial charge is 0.259 e. The molecule has 8 aromatic rings. The summed E-state index contributed by atoms with van der Waals surface area (Å²) in [6.45, 7) is 0.0371. The number of para-hydroxylation sites is 4. The first-order valence-electron chi connectivity index (χ1n) is 18.9. The maximum absolute atomic E-state index is 4.03. The van der Waals surface area contributed by atoms with Crippen molar-refractivity contribution in [2.24, 2.45) is 0 Å². The monoisotopic (exact) mass is 675 g/mol. The molecule has 2 aromatic heterocycles. The summed E-state index contributed by atoms with van der Waals surface area (Å²) in [5.41, 5.74) is 20.6. The van der Waals surface area contributed by atoms with Crippen LogP contribution in [0.4, 0.5) is 22.7 Å². The number of hydrogen-bond donors (Lipinski definition) is 0. The Balaban J connectivity index is 1.18. The van der Waals surface area contributed by atoms with Gasteiger partial charge < -0.3 is 14.2 Å². The summed E-state index contributed by atoms with van der Waals surface area (Å²) in [5.74, 6) is 0. The van der Waals surface area contributed by atoms with Crippen molar-refractivity contribution in [3.05, 3.63) is 181 Å². The first-order valence-corrected chi connectivity index (χ1v) is 18.9. The molecule has 0 saturated carbocycles. The van der Waals surface area contributed by atoms with E-state index in [2.05, 4.69) is 184 Å². The minimum atomic E-state index is 0.0371. The Kier molecular flexibility index (Phi) is 6.06. The van der Waals surface area contributed by atoms with E-state index in [1.165, 1.54) is 94.1 Å². The van der Waals surface area contributed by atoms with Crippen LogP contribution in [-0.2, 0) is 0 Å². The normalized spacial score (nSPS) is 17.4. The molecule has 0 saturated heterocycles. The molecule has 2 aliphatic carbocycles. The topological polar surface area (TPSA) is 10.9 Å². The van der Waals surface area contributed by atoms with Crippen LogP contribution < -0.4 is 20.7 Å². The highest BCUT2D eigenvalue weighted by molar-refractivity contribution is 6.95. The van der Waals surface area contributed by atoms with Crippen molar-refractivity contribution in [1.82, 2.24) is 4.40 Å². The van der Waals surface area contributed by atoms with Crippen molar-refractivity contribution < 1.29 is 0 Å². The molecule has 6 aromatic carbocycles. The fourth-order valence-electron chi connectivity index (χ4n) is 9.90. The average molecular weight is 676 g/mol. The molecule has 4 aliphatic rings. The van der Waals surface area contributed by atoms with E-state index in [9.17, 15) is 0 Å². The van der Waals surface area contributed by atoms with Gasteiger partial charge in [0.15, 0.2) is 0 Å². The molecule has 2 aliphatic heterocycles. The van der Waals surface area contributed by atoms with Crippen molar-refractivity contribution in [1.29, 1.82) is 0 Å². The lowest BCUT2D eigenvalue weighted by molar-refractivity contribution is 0.787. The van der Waals surface area contributed by atoms with Crippen LogP contribution in [-0.4, -0.2) is 17.2 Å². The largest absolute Gasteiger partial charge is 0.334 e. The van der Waals surface area contributed by atoms with Gasteiger partial charge in [0.1, 0.15) is 0 Å². The number of fused-ring (bicyclic) bond motifs is 9. The van der Waals surface area contributed by atoms with Crippen molar-refractivity contribution in [2.75, 3.05) is 9.80 Å². The minimum absolute atomic E-state index is 0.0371. The molecule has 2 bridgehead atoms. The number of allylic oxidation sites excluding steroid dienone is 5. The predicted octanol–water partition coefficient (Wildman–Crippen LogP) is 10.9. The number of anilines is 4. The first-order chi connectivity index (χ1) is 26.3. The van der Waals surface area contributed by atoms with Crippen LogP contribution in [0.3, 0.4) is 0 Å². The fraction of sp³-hybridized carbons (Fsp3) is 0.0816. The number of benzene rings is 6. The van der Waals surface area contributed by atoms with Crippen LogP contribution in [0.25, 0.3) is 49.2 Å². The van der Waals surface area contributed by atoms with Gasteiger partial charge in [-0.15, -0.1) is 5.73 Å². The molecule has 248 valence electrons. The van der Waals surface area contributed by atoms with Crippen LogP contribution in [0.2, 0.25) is 0 Å². The maximum atomic E-state index is 4.03. The molecule has 0 spiro atoms. The molecule has 1 atom stereocenters. The molecule has 3 nitrogen and oxygen atoms in total. The van der Waals surface area contributed by atoms with Crippen LogP contribution in [0.1, 0.15) is 19.3 Å². The summed E-state index contributed by atoms with van der Waals surface area (Å²) < 4.78 is 2.47. The van der Waals surface area contributed by atoms with Crippen LogP contribution in [0.5, 0.6) is 0 Å². The number of hydrogen-bond acceptors (Lipinski definition) is 2. The summed E-state index contributed by atoms with van der Waals surface area (Å²) in [5, 5.41) is 5.21. The number of aromatic nitrogens is 1. The van der Waals surface area contributed by atoms with Crippen LogP contribution in [0.15, 0.2) is 181 Å². The summed E-state index contributed by atoms with van der Waals surface area (Å²) >= 11 is 0. The molecule has 0 amide bonds. The zero-order chi connectivity index (χ0) is 34.6. The van der Waals surface area contributed by atoms with Gasteiger partial charge in [-0.25, -0.2) is 0 Å². The number of nitrogens with zero attached hydrogens (tertiary/aromatic N) is 3. The molecule has 4 heteroatoms. The lowest BCUT2D eigenvalue weighted by atomic mass is 9.34. The van der Waals surface area contributed by atoms with Crippen molar-refractivity contribution in [2.45, 2.75) is 25.3 Å². The lowest BCUT2D eigenvalue weighted by Crippen LogP contribution is -2.55. The molecule has 12 rings (SSSR count). The van der Waals surface area contributed by atoms with Crippen LogP contribution in [0, 0.1) is 0 Å². The second kappa shape index (κ2) is 11.0. The minimum Gasteiger partial charge on any atom is -0.334 e. The SMILES string of the molecule is C1=C2C=CCCC=1N(c1ccccc1)c1cccc3c1B2c1cccc(-c2cc4c5ccccc5n5c6ccccc6c(c2)c45)c1N3C1C=CC=CC1. The summed E-state index contributed by atoms with van der Waals surface area (Å²) in [6, 6.07) is 47.8. The van der Waals surface area contributed by atoms with E-state index in [0.29, 0.717) is 0 Å². The Hall–Kier alpha value is -6.48. The maximum Gasteiger partial charge on any atom is 0.259 e. The molecular formula is C49H34BN3. The standard InChI is InChI=1S/C49H34BN3/c1-3-16-34(17-4-1)51-36-20-8-7-15-33(31-36)50-42-24-13-23-37(49(42)52(35-18-5-2-6-19-35)46-28-14-27-45(51)47(46)50)32-29-40-38-21-9-11-25-43(38)53-44-26-12-10-22-39(44)41(30-32)48(40)53/h1-7,9-18,21-30,35H,8,19-20H2. The zero-order valence-corrected chi connectivity index (χ0v) is 29.2. The van der Waals surface area contributed by atoms with Gasteiger partial charge in [-0.05, 0) is 89.8 Å². The molecular weight excluding hydrogens is 641 g/mol. The highest BCUT2D eigenvalue weighted by Crippen LogP contribution is 2.47. The average Bonchev–Trinajstić information content (AvgIpc) is 3.55. The molecule has 0 fully saturated rings. The second-order valence-corrected chi connectivity index (χ2v) is 14.8. The predicted molar refractivity (Wildman–Crippen MR) is 224 cm³/mol. The summed E-state index contributed by atoms with van der Waals surface area (Å²) in [7, 11) is 0. The van der Waals surface area contributed by atoms with Gasteiger partial charge >= 0.3 is 0 Å². The van der Waals surface area contributed by atoms with Gasteiger partial charge in [-0.1, -0.05) is 115 Å². The summed E-state index contributed by atoms with van der Waals surface area (Å²) in [4.78, 5) is 5.15. The van der Waals surface area contributed by atoms with Gasteiger partial charge in [0.05, 0.1) is 28.3 Å². The third kappa shape index (κ3) is 4.02. The molecule has 53 heavy (non-hydrogen) atoms. The fourth-order valence-corrected chi connectivity index (χ4v) is 9.90. The Morgan fingerprint density at radius 1 is 0.660 bits per heavy atom. The molecule has 4 heterocycles. The number of rotatable bonds is 3. The van der Waals surface area contributed by atoms with Gasteiger partial charge in [-0.3, -0.25) is 0 Å². The van der Waals surface area contributed by atoms with E-state index in [1.54, 1.807) is 0 Å². The van der Waals surface area contributed by atoms with E-state index < -0.39 is 0 Å². The van der Waals surface area contributed by atoms with Gasteiger partial charge in [0, 0.05) is 49.9 Å². The Morgan fingerprint density at radius 3 is 2.17 bits per heavy atom. The van der Waals surface area contributed by atoms with Gasteiger partial charge in [0.2, 0.25) is 0 Å². The van der Waals surface area contributed by atoms with Crippen LogP contribution >= 0.6 is 0 Å². The van der Waals surface area contributed by atoms with Crippen molar-refractivity contribution in [3.8, 4) is 11.1 Å². The van der Waals surface area contributed by atoms with E-state index in [4.69, 9.17) is 0 Å². The third-order valence-electron chi connectivity index (χ3n) is 12.0. The van der Waals surface area contributed by atoms with E-state index in [0.717, 1.165) is 19.3 Å². The van der Waals surface area contributed by atoms with Crippen molar-refractivity contribution >= 4 is 78.5 Å². The highest BCUT2D eigenvalue weighted by atomic mass is 15.2. The third-order valence-corrected chi connectivity index (χ3v) is 12.0. The van der Waals surface area contributed by atoms with Crippen molar-refractivity contribution in [3.63, 3.8) is 0 Å². The second-order valence-electron chi connectivity index (χ2n) is 14.8. The van der Waals surface area contributed by atoms with Gasteiger partial charge in [0.25, 0.3) is 6.71 Å². The molecule has 0 N–H and O–H groups in total. The Labute approximate surface area is 308 Å². The molecule has 0 radical (unpaired) electrons. The van der Waals surface area contributed by atoms with E-state index in [1.807, 2.05) is 0 Å². The Morgan fingerprint density at radius 2 is 1.40 bits per heavy atom. The van der Waals surface area contributed by atoms with E-state index >= 15 is 0 Å². The Bertz CT molecular complexity index is 2910. The van der Waals surface area contributed by atoms with Gasteiger partial charge in [-0.2, -0.15) is 0 Å². The zero-order valence-electron chi connectivity index (χ0n) is 29.2. The summed E-state index contributed by atoms with van der Waals surface area (Å²) in [6.07, 6.45) is 16.7. The lowest BCUT2D eigenvalue weighted by Gasteiger charge is -2.43. The van der Waals surface area contributed by atoms with E-state index in [-0.39, 0.29) is 12.8 Å². The highest BCUT2D eigenvalue weighted by Gasteiger charge is 2.43. The first kappa shape index (κ1) is 29.1. The quantitative estimate of drug-likeness (QED) is 0.136.